The molecule has 4 heteroatoms. The maximum Gasteiger partial charge on any atom is 0.0917 e. The Morgan fingerprint density at radius 1 is 1.21 bits per heavy atom. The third-order valence-corrected chi connectivity index (χ3v) is 4.11. The van der Waals surface area contributed by atoms with Gasteiger partial charge in [-0.3, -0.25) is 4.90 Å². The molecule has 0 heterocycles. The molecular weight excluding hydrogens is 306 g/mol. The van der Waals surface area contributed by atoms with Crippen molar-refractivity contribution in [3.8, 4) is 0 Å². The van der Waals surface area contributed by atoms with Gasteiger partial charge in [0.2, 0.25) is 0 Å². The number of halogens is 1. The number of hydrogen-bond acceptors (Lipinski definition) is 3. The first kappa shape index (κ1) is 15.0. The van der Waals surface area contributed by atoms with Gasteiger partial charge in [0.15, 0.2) is 0 Å². The van der Waals surface area contributed by atoms with Crippen LogP contribution in [0.15, 0.2) is 28.7 Å². The van der Waals surface area contributed by atoms with Crippen LogP contribution in [0.25, 0.3) is 0 Å². The highest BCUT2D eigenvalue weighted by atomic mass is 79.9. The first-order valence-electron chi connectivity index (χ1n) is 6.99. The topological polar surface area (TPSA) is 43.7 Å². The monoisotopic (exact) mass is 327 g/mol. The van der Waals surface area contributed by atoms with Crippen LogP contribution < -0.4 is 0 Å². The lowest BCUT2D eigenvalue weighted by atomic mass is 10.1. The summed E-state index contributed by atoms with van der Waals surface area (Å²) in [5.41, 5.74) is 0.969. The molecule has 0 spiro atoms. The van der Waals surface area contributed by atoms with Crippen LogP contribution >= 0.6 is 15.9 Å². The van der Waals surface area contributed by atoms with Crippen molar-refractivity contribution in [1.82, 2.24) is 4.90 Å². The molecule has 2 rings (SSSR count). The summed E-state index contributed by atoms with van der Waals surface area (Å²) in [4.78, 5) is 2.36. The third-order valence-electron chi connectivity index (χ3n) is 3.58. The van der Waals surface area contributed by atoms with E-state index in [4.69, 9.17) is 5.11 Å². The fourth-order valence-electron chi connectivity index (χ4n) is 2.30. The highest BCUT2D eigenvalue weighted by Crippen LogP contribution is 2.29. The van der Waals surface area contributed by atoms with E-state index in [0.29, 0.717) is 12.6 Å². The molecule has 0 aliphatic heterocycles. The SMILES string of the molecule is OCCCCN(CC(O)c1ccc(Br)cc1)C1CC1. The summed E-state index contributed by atoms with van der Waals surface area (Å²) in [6.07, 6.45) is 3.90. The molecule has 0 saturated heterocycles. The molecule has 0 amide bonds. The lowest BCUT2D eigenvalue weighted by molar-refractivity contribution is 0.106. The fourth-order valence-corrected chi connectivity index (χ4v) is 2.57. The standard InChI is InChI=1S/C15H22BrNO2/c16-13-5-3-12(4-6-13)15(19)11-17(14-7-8-14)9-1-2-10-18/h3-6,14-15,18-19H,1-2,7-11H2. The van der Waals surface area contributed by atoms with Gasteiger partial charge in [-0.25, -0.2) is 0 Å². The summed E-state index contributed by atoms with van der Waals surface area (Å²) in [6.45, 7) is 1.92. The van der Waals surface area contributed by atoms with E-state index in [-0.39, 0.29) is 6.61 Å². The van der Waals surface area contributed by atoms with Gasteiger partial charge < -0.3 is 10.2 Å². The average molecular weight is 328 g/mol. The number of nitrogens with zero attached hydrogens (tertiary/aromatic N) is 1. The summed E-state index contributed by atoms with van der Waals surface area (Å²) in [6, 6.07) is 8.50. The van der Waals surface area contributed by atoms with Gasteiger partial charge >= 0.3 is 0 Å². The summed E-state index contributed by atoms with van der Waals surface area (Å²) in [5.74, 6) is 0. The highest BCUT2D eigenvalue weighted by molar-refractivity contribution is 9.10. The van der Waals surface area contributed by atoms with Gasteiger partial charge in [-0.2, -0.15) is 0 Å². The smallest absolute Gasteiger partial charge is 0.0917 e. The van der Waals surface area contributed by atoms with Crippen molar-refractivity contribution in [3.63, 3.8) is 0 Å². The molecule has 3 nitrogen and oxygen atoms in total. The van der Waals surface area contributed by atoms with Gasteiger partial charge in [0.25, 0.3) is 0 Å². The van der Waals surface area contributed by atoms with Crippen molar-refractivity contribution in [3.05, 3.63) is 34.3 Å². The van der Waals surface area contributed by atoms with Crippen molar-refractivity contribution in [1.29, 1.82) is 0 Å². The zero-order chi connectivity index (χ0) is 13.7. The molecule has 1 atom stereocenters. The van der Waals surface area contributed by atoms with Crippen LogP contribution in [0.2, 0.25) is 0 Å². The van der Waals surface area contributed by atoms with Crippen LogP contribution in [0.3, 0.4) is 0 Å². The van der Waals surface area contributed by atoms with E-state index in [1.165, 1.54) is 12.8 Å². The molecule has 1 fully saturated rings. The molecule has 1 aromatic rings. The lowest BCUT2D eigenvalue weighted by Gasteiger charge is -2.25. The molecule has 1 aliphatic rings. The lowest BCUT2D eigenvalue weighted by Crippen LogP contribution is -2.32. The first-order chi connectivity index (χ1) is 9.20. The van der Waals surface area contributed by atoms with Gasteiger partial charge in [0, 0.05) is 23.7 Å². The molecule has 1 saturated carbocycles. The molecule has 1 aromatic carbocycles. The summed E-state index contributed by atoms with van der Waals surface area (Å²) in [7, 11) is 0. The summed E-state index contributed by atoms with van der Waals surface area (Å²) in [5, 5.41) is 19.2. The zero-order valence-corrected chi connectivity index (χ0v) is 12.7. The number of unbranched alkanes of at least 4 members (excludes halogenated alkanes) is 1. The largest absolute Gasteiger partial charge is 0.396 e. The molecule has 19 heavy (non-hydrogen) atoms. The number of hydrogen-bond donors (Lipinski definition) is 2. The van der Waals surface area contributed by atoms with Crippen LogP contribution in [0.1, 0.15) is 37.4 Å². The van der Waals surface area contributed by atoms with E-state index < -0.39 is 6.10 Å². The number of aliphatic hydroxyl groups is 2. The predicted octanol–water partition coefficient (Wildman–Crippen LogP) is 2.72. The van der Waals surface area contributed by atoms with Crippen LogP contribution in [-0.4, -0.2) is 40.9 Å². The minimum Gasteiger partial charge on any atom is -0.396 e. The first-order valence-corrected chi connectivity index (χ1v) is 7.78. The van der Waals surface area contributed by atoms with Gasteiger partial charge in [-0.15, -0.1) is 0 Å². The Balaban J connectivity index is 1.87. The summed E-state index contributed by atoms with van der Waals surface area (Å²) < 4.78 is 1.03. The van der Waals surface area contributed by atoms with Crippen molar-refractivity contribution in [2.75, 3.05) is 19.7 Å². The van der Waals surface area contributed by atoms with Crippen LogP contribution in [-0.2, 0) is 0 Å². The van der Waals surface area contributed by atoms with E-state index >= 15 is 0 Å². The van der Waals surface area contributed by atoms with Gasteiger partial charge in [0.1, 0.15) is 0 Å². The fraction of sp³-hybridized carbons (Fsp3) is 0.600. The Bertz CT molecular complexity index is 378. The van der Waals surface area contributed by atoms with E-state index in [0.717, 1.165) is 29.4 Å². The van der Waals surface area contributed by atoms with E-state index in [1.54, 1.807) is 0 Å². The maximum atomic E-state index is 10.3. The normalized spacial score (nSPS) is 16.8. The quantitative estimate of drug-likeness (QED) is 0.721. The predicted molar refractivity (Wildman–Crippen MR) is 80.0 cm³/mol. The molecule has 0 aromatic heterocycles. The Hall–Kier alpha value is -0.420. The second-order valence-electron chi connectivity index (χ2n) is 5.22. The molecule has 0 radical (unpaired) electrons. The Labute approximate surface area is 123 Å². The molecule has 2 N–H and O–H groups in total. The number of rotatable bonds is 8. The summed E-state index contributed by atoms with van der Waals surface area (Å²) >= 11 is 3.41. The molecule has 1 unspecified atom stereocenters. The molecule has 1 aliphatic carbocycles. The molecular formula is C15H22BrNO2. The molecule has 0 bridgehead atoms. The second kappa shape index (κ2) is 7.39. The maximum absolute atomic E-state index is 10.3. The van der Waals surface area contributed by atoms with Gasteiger partial charge in [0.05, 0.1) is 6.10 Å². The Kier molecular flexibility index (Phi) is 5.82. The van der Waals surface area contributed by atoms with Gasteiger partial charge in [-0.1, -0.05) is 28.1 Å². The van der Waals surface area contributed by atoms with E-state index in [9.17, 15) is 5.11 Å². The van der Waals surface area contributed by atoms with Gasteiger partial charge in [-0.05, 0) is 49.9 Å². The minimum absolute atomic E-state index is 0.258. The van der Waals surface area contributed by atoms with Crippen molar-refractivity contribution >= 4 is 15.9 Å². The molecule has 106 valence electrons. The minimum atomic E-state index is -0.428. The van der Waals surface area contributed by atoms with E-state index in [2.05, 4.69) is 20.8 Å². The number of benzene rings is 1. The zero-order valence-electron chi connectivity index (χ0n) is 11.1. The Morgan fingerprint density at radius 3 is 2.47 bits per heavy atom. The van der Waals surface area contributed by atoms with Crippen molar-refractivity contribution in [2.45, 2.75) is 37.8 Å². The Morgan fingerprint density at radius 2 is 1.89 bits per heavy atom. The second-order valence-corrected chi connectivity index (χ2v) is 6.14. The van der Waals surface area contributed by atoms with Crippen LogP contribution in [0, 0.1) is 0 Å². The van der Waals surface area contributed by atoms with Crippen LogP contribution in [0.4, 0.5) is 0 Å². The highest BCUT2D eigenvalue weighted by Gasteiger charge is 2.29. The third kappa shape index (κ3) is 4.88. The van der Waals surface area contributed by atoms with Crippen LogP contribution in [0.5, 0.6) is 0 Å². The van der Waals surface area contributed by atoms with Crippen molar-refractivity contribution in [2.24, 2.45) is 0 Å². The van der Waals surface area contributed by atoms with Crippen molar-refractivity contribution < 1.29 is 10.2 Å². The average Bonchev–Trinajstić information content (AvgIpc) is 3.23. The number of aliphatic hydroxyl groups excluding tert-OH is 2. The van der Waals surface area contributed by atoms with E-state index in [1.807, 2.05) is 24.3 Å².